The summed E-state index contributed by atoms with van der Waals surface area (Å²) in [6.07, 6.45) is 5.10. The van der Waals surface area contributed by atoms with Crippen molar-refractivity contribution in [2.75, 3.05) is 13.1 Å². The molecule has 3 rings (SSSR count). The molecule has 0 aliphatic carbocycles. The standard InChI is InChI=1S/C16H20N4O.2ClH/c21-16(7-11-20-10-3-8-19-20)18-12-15-14-5-2-1-4-13(14)6-9-17-15;;/h1-5,8,10,15,17H,6-7,9,11-12H2,(H,18,21);2*1H. The minimum absolute atomic E-state index is 0. The van der Waals surface area contributed by atoms with Gasteiger partial charge in [-0.3, -0.25) is 9.48 Å². The number of hydrogen-bond acceptors (Lipinski definition) is 3. The van der Waals surface area contributed by atoms with E-state index in [-0.39, 0.29) is 36.8 Å². The number of nitrogens with zero attached hydrogens (tertiary/aromatic N) is 2. The Balaban J connectivity index is 0.00000132. The summed E-state index contributed by atoms with van der Waals surface area (Å²) in [5.74, 6) is 0.0651. The van der Waals surface area contributed by atoms with Gasteiger partial charge < -0.3 is 10.6 Å². The van der Waals surface area contributed by atoms with E-state index >= 15 is 0 Å². The van der Waals surface area contributed by atoms with Crippen LogP contribution in [0.3, 0.4) is 0 Å². The molecule has 1 amide bonds. The minimum atomic E-state index is 0. The summed E-state index contributed by atoms with van der Waals surface area (Å²) < 4.78 is 1.77. The third kappa shape index (κ3) is 5.23. The maximum Gasteiger partial charge on any atom is 0.221 e. The van der Waals surface area contributed by atoms with Crippen molar-refractivity contribution in [3.05, 3.63) is 53.9 Å². The van der Waals surface area contributed by atoms with Crippen LogP contribution in [0.25, 0.3) is 0 Å². The Labute approximate surface area is 148 Å². The monoisotopic (exact) mass is 356 g/mol. The van der Waals surface area contributed by atoms with Crippen molar-refractivity contribution in [2.24, 2.45) is 0 Å². The van der Waals surface area contributed by atoms with Crippen molar-refractivity contribution >= 4 is 30.7 Å². The zero-order chi connectivity index (χ0) is 14.5. The van der Waals surface area contributed by atoms with E-state index in [1.165, 1.54) is 11.1 Å². The quantitative estimate of drug-likeness (QED) is 0.862. The maximum atomic E-state index is 11.9. The van der Waals surface area contributed by atoms with Crippen molar-refractivity contribution < 1.29 is 4.79 Å². The molecule has 2 heterocycles. The fourth-order valence-corrected chi connectivity index (χ4v) is 2.73. The van der Waals surface area contributed by atoms with Crippen LogP contribution in [0, 0.1) is 0 Å². The van der Waals surface area contributed by atoms with E-state index in [0.717, 1.165) is 13.0 Å². The van der Waals surface area contributed by atoms with Crippen LogP contribution in [0.2, 0.25) is 0 Å². The zero-order valence-corrected chi connectivity index (χ0v) is 14.4. The van der Waals surface area contributed by atoms with Gasteiger partial charge in [0.25, 0.3) is 0 Å². The number of fused-ring (bicyclic) bond motifs is 1. The fraction of sp³-hybridized carbons (Fsp3) is 0.375. The van der Waals surface area contributed by atoms with Gasteiger partial charge in [-0.2, -0.15) is 5.10 Å². The van der Waals surface area contributed by atoms with Gasteiger partial charge in [-0.15, -0.1) is 24.8 Å². The van der Waals surface area contributed by atoms with Gasteiger partial charge in [-0.1, -0.05) is 24.3 Å². The summed E-state index contributed by atoms with van der Waals surface area (Å²) in [6.45, 7) is 2.22. The van der Waals surface area contributed by atoms with E-state index in [1.807, 2.05) is 12.3 Å². The topological polar surface area (TPSA) is 59.0 Å². The van der Waals surface area contributed by atoms with Crippen molar-refractivity contribution in [1.29, 1.82) is 0 Å². The molecule has 0 spiro atoms. The highest BCUT2D eigenvalue weighted by Gasteiger charge is 2.19. The number of hydrogen-bond donors (Lipinski definition) is 2. The molecule has 2 aromatic rings. The van der Waals surface area contributed by atoms with Crippen LogP contribution in [0.5, 0.6) is 0 Å². The molecule has 1 aliphatic rings. The number of carbonyl (C=O) groups is 1. The van der Waals surface area contributed by atoms with E-state index in [4.69, 9.17) is 0 Å². The largest absolute Gasteiger partial charge is 0.354 e. The van der Waals surface area contributed by atoms with Gasteiger partial charge in [-0.25, -0.2) is 0 Å². The average molecular weight is 357 g/mol. The molecule has 5 nitrogen and oxygen atoms in total. The third-order valence-corrected chi connectivity index (χ3v) is 3.85. The molecule has 0 fully saturated rings. The van der Waals surface area contributed by atoms with Crippen LogP contribution in [0.15, 0.2) is 42.7 Å². The van der Waals surface area contributed by atoms with Gasteiger partial charge in [0.15, 0.2) is 0 Å². The average Bonchev–Trinajstić information content (AvgIpc) is 3.04. The van der Waals surface area contributed by atoms with Crippen LogP contribution in [-0.4, -0.2) is 28.8 Å². The van der Waals surface area contributed by atoms with Crippen LogP contribution >= 0.6 is 24.8 Å². The summed E-state index contributed by atoms with van der Waals surface area (Å²) in [4.78, 5) is 11.9. The van der Waals surface area contributed by atoms with Crippen LogP contribution in [0.1, 0.15) is 23.6 Å². The number of benzene rings is 1. The molecule has 1 aliphatic heterocycles. The van der Waals surface area contributed by atoms with Crippen molar-refractivity contribution in [2.45, 2.75) is 25.4 Å². The Morgan fingerprint density at radius 2 is 2.13 bits per heavy atom. The molecular weight excluding hydrogens is 335 g/mol. The molecular formula is C16H22Cl2N4O. The highest BCUT2D eigenvalue weighted by atomic mass is 35.5. The highest BCUT2D eigenvalue weighted by molar-refractivity contribution is 5.85. The normalized spacial score (nSPS) is 15.7. The molecule has 1 aromatic carbocycles. The summed E-state index contributed by atoms with van der Waals surface area (Å²) in [6, 6.07) is 10.5. The second-order valence-electron chi connectivity index (χ2n) is 5.28. The summed E-state index contributed by atoms with van der Waals surface area (Å²) >= 11 is 0. The van der Waals surface area contributed by atoms with Gasteiger partial charge in [0.1, 0.15) is 0 Å². The number of aromatic nitrogens is 2. The Morgan fingerprint density at radius 3 is 2.91 bits per heavy atom. The molecule has 0 saturated carbocycles. The number of nitrogens with one attached hydrogen (secondary N) is 2. The van der Waals surface area contributed by atoms with Crippen molar-refractivity contribution in [3.8, 4) is 0 Å². The van der Waals surface area contributed by atoms with E-state index in [1.54, 1.807) is 10.9 Å². The van der Waals surface area contributed by atoms with E-state index in [0.29, 0.717) is 19.5 Å². The fourth-order valence-electron chi connectivity index (χ4n) is 2.73. The number of aryl methyl sites for hydroxylation is 1. The Morgan fingerprint density at radius 1 is 1.30 bits per heavy atom. The molecule has 0 radical (unpaired) electrons. The predicted molar refractivity (Wildman–Crippen MR) is 95.2 cm³/mol. The minimum Gasteiger partial charge on any atom is -0.354 e. The predicted octanol–water partition coefficient (Wildman–Crippen LogP) is 2.12. The van der Waals surface area contributed by atoms with E-state index in [9.17, 15) is 4.79 Å². The van der Waals surface area contributed by atoms with Gasteiger partial charge >= 0.3 is 0 Å². The molecule has 126 valence electrons. The first-order valence-corrected chi connectivity index (χ1v) is 7.38. The van der Waals surface area contributed by atoms with Gasteiger partial charge in [0, 0.05) is 37.9 Å². The second kappa shape index (κ2) is 9.55. The van der Waals surface area contributed by atoms with E-state index < -0.39 is 0 Å². The highest BCUT2D eigenvalue weighted by Crippen LogP contribution is 2.21. The summed E-state index contributed by atoms with van der Waals surface area (Å²) in [5, 5.41) is 10.6. The van der Waals surface area contributed by atoms with Crippen LogP contribution < -0.4 is 10.6 Å². The van der Waals surface area contributed by atoms with E-state index in [2.05, 4.69) is 40.0 Å². The van der Waals surface area contributed by atoms with Crippen LogP contribution in [0.4, 0.5) is 0 Å². The first-order chi connectivity index (χ1) is 10.3. The molecule has 1 atom stereocenters. The SMILES string of the molecule is Cl.Cl.O=C(CCn1cccn1)NCC1NCCc2ccccc21. The number of halogens is 2. The van der Waals surface area contributed by atoms with Crippen LogP contribution in [-0.2, 0) is 17.8 Å². The number of amides is 1. The second-order valence-corrected chi connectivity index (χ2v) is 5.28. The van der Waals surface area contributed by atoms with Crippen molar-refractivity contribution in [3.63, 3.8) is 0 Å². The molecule has 1 unspecified atom stereocenters. The van der Waals surface area contributed by atoms with Crippen molar-refractivity contribution in [1.82, 2.24) is 20.4 Å². The summed E-state index contributed by atoms with van der Waals surface area (Å²) in [7, 11) is 0. The third-order valence-electron chi connectivity index (χ3n) is 3.85. The Kier molecular flexibility index (Phi) is 8.09. The maximum absolute atomic E-state index is 11.9. The smallest absolute Gasteiger partial charge is 0.221 e. The molecule has 2 N–H and O–H groups in total. The van der Waals surface area contributed by atoms with Gasteiger partial charge in [0.2, 0.25) is 5.91 Å². The lowest BCUT2D eigenvalue weighted by Gasteiger charge is -2.27. The molecule has 1 aromatic heterocycles. The Bertz CT molecular complexity index is 604. The lowest BCUT2D eigenvalue weighted by molar-refractivity contribution is -0.121. The summed E-state index contributed by atoms with van der Waals surface area (Å²) in [5.41, 5.74) is 2.68. The number of rotatable bonds is 5. The van der Waals surface area contributed by atoms with Gasteiger partial charge in [0.05, 0.1) is 0 Å². The lowest BCUT2D eigenvalue weighted by Crippen LogP contribution is -2.39. The number of carbonyl (C=O) groups excluding carboxylic acids is 1. The first-order valence-electron chi connectivity index (χ1n) is 7.38. The zero-order valence-electron chi connectivity index (χ0n) is 12.8. The first kappa shape index (κ1) is 19.5. The Hall–Kier alpha value is -1.56. The van der Waals surface area contributed by atoms with Gasteiger partial charge in [-0.05, 0) is 30.2 Å². The lowest BCUT2D eigenvalue weighted by atomic mass is 9.94. The molecule has 7 heteroatoms. The molecule has 23 heavy (non-hydrogen) atoms. The molecule has 0 bridgehead atoms. The molecule has 0 saturated heterocycles.